The van der Waals surface area contributed by atoms with Gasteiger partial charge < -0.3 is 0 Å². The number of nitrogens with zero attached hydrogens (tertiary/aromatic N) is 2. The van der Waals surface area contributed by atoms with E-state index in [-0.39, 0.29) is 0 Å². The number of hydrogen-bond acceptors (Lipinski definition) is 2. The van der Waals surface area contributed by atoms with Crippen molar-refractivity contribution in [3.8, 4) is 0 Å². The lowest BCUT2D eigenvalue weighted by Crippen LogP contribution is -2.28. The van der Waals surface area contributed by atoms with Crippen molar-refractivity contribution in [2.24, 2.45) is 4.99 Å². The van der Waals surface area contributed by atoms with Crippen molar-refractivity contribution >= 4 is 18.3 Å². The SMILES string of the molecule is C=NCCN(CC)CC1=CCCC=C1Cl. The molecular formula is C12H19ClN2. The Hall–Kier alpha value is -0.600. The van der Waals surface area contributed by atoms with Crippen LogP contribution in [0.5, 0.6) is 0 Å². The lowest BCUT2D eigenvalue weighted by atomic mass is 10.1. The van der Waals surface area contributed by atoms with E-state index >= 15 is 0 Å². The molecule has 15 heavy (non-hydrogen) atoms. The first-order valence-electron chi connectivity index (χ1n) is 5.47. The van der Waals surface area contributed by atoms with Gasteiger partial charge in [0.25, 0.3) is 0 Å². The van der Waals surface area contributed by atoms with Gasteiger partial charge in [-0.25, -0.2) is 0 Å². The third-order valence-corrected chi connectivity index (χ3v) is 3.00. The molecule has 0 saturated heterocycles. The predicted molar refractivity (Wildman–Crippen MR) is 67.8 cm³/mol. The van der Waals surface area contributed by atoms with Crippen LogP contribution in [0.3, 0.4) is 0 Å². The average Bonchev–Trinajstić information content (AvgIpc) is 2.26. The van der Waals surface area contributed by atoms with Gasteiger partial charge in [0, 0.05) is 18.1 Å². The standard InChI is InChI=1S/C12H19ClN2/c1-3-15(9-8-14-2)10-11-6-4-5-7-12(11)13/h6-7H,2-5,8-10H2,1H3. The van der Waals surface area contributed by atoms with Crippen LogP contribution in [0.2, 0.25) is 0 Å². The highest BCUT2D eigenvalue weighted by molar-refractivity contribution is 6.32. The second kappa shape index (κ2) is 6.81. The summed E-state index contributed by atoms with van der Waals surface area (Å²) in [5.74, 6) is 0. The molecule has 0 aliphatic heterocycles. The van der Waals surface area contributed by atoms with Crippen LogP contribution in [-0.4, -0.2) is 37.8 Å². The fourth-order valence-electron chi connectivity index (χ4n) is 1.64. The number of halogens is 1. The molecule has 0 aromatic rings. The van der Waals surface area contributed by atoms with Crippen LogP contribution in [0, 0.1) is 0 Å². The highest BCUT2D eigenvalue weighted by Gasteiger charge is 2.10. The van der Waals surface area contributed by atoms with Gasteiger partial charge in [-0.05, 0) is 31.7 Å². The van der Waals surface area contributed by atoms with Crippen LogP contribution < -0.4 is 0 Å². The van der Waals surface area contributed by atoms with E-state index < -0.39 is 0 Å². The Morgan fingerprint density at radius 1 is 1.47 bits per heavy atom. The number of allylic oxidation sites excluding steroid dienone is 2. The first kappa shape index (κ1) is 12.5. The van der Waals surface area contributed by atoms with Crippen molar-refractivity contribution in [3.05, 3.63) is 22.8 Å². The topological polar surface area (TPSA) is 15.6 Å². The van der Waals surface area contributed by atoms with Crippen LogP contribution in [0.15, 0.2) is 27.7 Å². The van der Waals surface area contributed by atoms with Crippen molar-refractivity contribution in [1.82, 2.24) is 4.90 Å². The molecule has 0 spiro atoms. The van der Waals surface area contributed by atoms with Crippen LogP contribution in [0.25, 0.3) is 0 Å². The summed E-state index contributed by atoms with van der Waals surface area (Å²) in [6.45, 7) is 9.37. The zero-order chi connectivity index (χ0) is 11.1. The Balaban J connectivity index is 2.47. The van der Waals surface area contributed by atoms with Crippen LogP contribution in [-0.2, 0) is 0 Å². The first-order valence-corrected chi connectivity index (χ1v) is 5.85. The molecule has 0 saturated carbocycles. The molecule has 0 fully saturated rings. The van der Waals surface area contributed by atoms with E-state index in [1.165, 1.54) is 5.57 Å². The Morgan fingerprint density at radius 2 is 2.20 bits per heavy atom. The molecule has 0 atom stereocenters. The molecule has 0 radical (unpaired) electrons. The normalized spacial score (nSPS) is 16.2. The third kappa shape index (κ3) is 4.18. The molecule has 2 nitrogen and oxygen atoms in total. The molecular weight excluding hydrogens is 208 g/mol. The Bertz CT molecular complexity index is 269. The van der Waals surface area contributed by atoms with Gasteiger partial charge in [0.2, 0.25) is 0 Å². The highest BCUT2D eigenvalue weighted by Crippen LogP contribution is 2.22. The summed E-state index contributed by atoms with van der Waals surface area (Å²) in [7, 11) is 0. The van der Waals surface area contributed by atoms with Crippen LogP contribution in [0.4, 0.5) is 0 Å². The second-order valence-electron chi connectivity index (χ2n) is 3.67. The molecule has 0 aromatic heterocycles. The van der Waals surface area contributed by atoms with E-state index in [1.54, 1.807) is 0 Å². The van der Waals surface area contributed by atoms with Crippen molar-refractivity contribution in [1.29, 1.82) is 0 Å². The zero-order valence-corrected chi connectivity index (χ0v) is 10.1. The number of aliphatic imine (C=N–C) groups is 1. The maximum absolute atomic E-state index is 6.15. The molecule has 1 rings (SSSR count). The minimum Gasteiger partial charge on any atom is -0.300 e. The third-order valence-electron chi connectivity index (χ3n) is 2.60. The van der Waals surface area contributed by atoms with Crippen molar-refractivity contribution in [2.45, 2.75) is 19.8 Å². The molecule has 0 aromatic carbocycles. The molecule has 1 aliphatic rings. The van der Waals surface area contributed by atoms with Crippen molar-refractivity contribution in [2.75, 3.05) is 26.2 Å². The zero-order valence-electron chi connectivity index (χ0n) is 9.38. The molecule has 1 aliphatic carbocycles. The summed E-state index contributed by atoms with van der Waals surface area (Å²) >= 11 is 6.15. The Labute approximate surface area is 97.3 Å². The average molecular weight is 227 g/mol. The van der Waals surface area contributed by atoms with Crippen LogP contribution in [0.1, 0.15) is 19.8 Å². The van der Waals surface area contributed by atoms with Crippen molar-refractivity contribution < 1.29 is 0 Å². The van der Waals surface area contributed by atoms with E-state index in [0.29, 0.717) is 0 Å². The molecule has 0 unspecified atom stereocenters. The van der Waals surface area contributed by atoms with Gasteiger partial charge in [0.05, 0.1) is 6.54 Å². The minimum atomic E-state index is 0.794. The number of likely N-dealkylation sites (N-methyl/N-ethyl adjacent to an activating group) is 1. The smallest absolute Gasteiger partial charge is 0.0509 e. The monoisotopic (exact) mass is 226 g/mol. The molecule has 3 heteroatoms. The molecule has 0 N–H and O–H groups in total. The fraction of sp³-hybridized carbons (Fsp3) is 0.583. The van der Waals surface area contributed by atoms with Gasteiger partial charge >= 0.3 is 0 Å². The molecule has 0 bridgehead atoms. The quantitative estimate of drug-likeness (QED) is 0.636. The van der Waals surface area contributed by atoms with Gasteiger partial charge in [-0.2, -0.15) is 0 Å². The van der Waals surface area contributed by atoms with Gasteiger partial charge in [0.15, 0.2) is 0 Å². The fourth-order valence-corrected chi connectivity index (χ4v) is 1.88. The first-order chi connectivity index (χ1) is 7.27. The van der Waals surface area contributed by atoms with E-state index in [4.69, 9.17) is 11.6 Å². The van der Waals surface area contributed by atoms with E-state index in [2.05, 4.69) is 35.7 Å². The molecule has 0 amide bonds. The Morgan fingerprint density at radius 3 is 2.80 bits per heavy atom. The summed E-state index contributed by atoms with van der Waals surface area (Å²) in [5.41, 5.74) is 1.26. The number of hydrogen-bond donors (Lipinski definition) is 0. The second-order valence-corrected chi connectivity index (χ2v) is 4.08. The largest absolute Gasteiger partial charge is 0.300 e. The lowest BCUT2D eigenvalue weighted by molar-refractivity contribution is 0.323. The van der Waals surface area contributed by atoms with E-state index in [0.717, 1.165) is 44.1 Å². The Kier molecular flexibility index (Phi) is 5.66. The van der Waals surface area contributed by atoms with Crippen molar-refractivity contribution in [3.63, 3.8) is 0 Å². The van der Waals surface area contributed by atoms with Gasteiger partial charge in [-0.1, -0.05) is 30.7 Å². The van der Waals surface area contributed by atoms with Crippen LogP contribution >= 0.6 is 11.6 Å². The van der Waals surface area contributed by atoms with Gasteiger partial charge in [-0.15, -0.1) is 0 Å². The number of rotatable bonds is 6. The summed E-state index contributed by atoms with van der Waals surface area (Å²) in [6, 6.07) is 0. The lowest BCUT2D eigenvalue weighted by Gasteiger charge is -2.22. The summed E-state index contributed by atoms with van der Waals surface area (Å²) in [4.78, 5) is 6.21. The molecule has 84 valence electrons. The van der Waals surface area contributed by atoms with Gasteiger partial charge in [0.1, 0.15) is 0 Å². The maximum atomic E-state index is 6.15. The highest BCUT2D eigenvalue weighted by atomic mass is 35.5. The summed E-state index contributed by atoms with van der Waals surface area (Å²) in [5, 5.41) is 0.922. The van der Waals surface area contributed by atoms with E-state index in [9.17, 15) is 0 Å². The predicted octanol–water partition coefficient (Wildman–Crippen LogP) is 2.85. The molecule has 0 heterocycles. The van der Waals surface area contributed by atoms with Gasteiger partial charge in [-0.3, -0.25) is 9.89 Å². The minimum absolute atomic E-state index is 0.794. The summed E-state index contributed by atoms with van der Waals surface area (Å²) in [6.07, 6.45) is 6.54. The summed E-state index contributed by atoms with van der Waals surface area (Å²) < 4.78 is 0. The maximum Gasteiger partial charge on any atom is 0.0509 e. The van der Waals surface area contributed by atoms with E-state index in [1.807, 2.05) is 0 Å².